The van der Waals surface area contributed by atoms with Gasteiger partial charge in [-0.15, -0.1) is 0 Å². The number of halogens is 2. The van der Waals surface area contributed by atoms with Crippen LogP contribution < -0.4 is 0 Å². The number of pyridine rings is 2. The molecule has 0 amide bonds. The van der Waals surface area contributed by atoms with Crippen molar-refractivity contribution in [2.24, 2.45) is 0 Å². The van der Waals surface area contributed by atoms with Crippen LogP contribution in [0.2, 0.25) is 0 Å². The van der Waals surface area contributed by atoms with Gasteiger partial charge in [-0.1, -0.05) is 64.8 Å². The van der Waals surface area contributed by atoms with Gasteiger partial charge in [0.05, 0.1) is 23.3 Å². The fraction of sp³-hybridized carbons (Fsp3) is 0.407. The van der Waals surface area contributed by atoms with Crippen molar-refractivity contribution < 1.29 is 29.8 Å². The largest absolute Gasteiger partial charge is 2.00 e. The SMILES string of the molecule is CCC(C)c1nn(-c2cccc(C(C)(C)c3cccc(-n4[c-]c(F)c(C(C)CC)n4)n3)n2)[c-]c1F.[Pt+2]. The molecule has 0 saturated heterocycles. The van der Waals surface area contributed by atoms with Crippen LogP contribution in [0.15, 0.2) is 36.4 Å². The summed E-state index contributed by atoms with van der Waals surface area (Å²) in [6.45, 7) is 11.9. The van der Waals surface area contributed by atoms with Gasteiger partial charge in [0.15, 0.2) is 0 Å². The predicted octanol–water partition coefficient (Wildman–Crippen LogP) is 6.08. The van der Waals surface area contributed by atoms with Gasteiger partial charge in [-0.25, -0.2) is 8.78 Å². The molecule has 4 aromatic heterocycles. The molecule has 0 radical (unpaired) electrons. The third-order valence-electron chi connectivity index (χ3n) is 6.62. The van der Waals surface area contributed by atoms with Crippen molar-refractivity contribution in [3.05, 3.63) is 83.2 Å². The maximum Gasteiger partial charge on any atom is 2.00 e. The first-order valence-corrected chi connectivity index (χ1v) is 12.0. The van der Waals surface area contributed by atoms with E-state index >= 15 is 0 Å². The smallest absolute Gasteiger partial charge is 0.340 e. The average Bonchev–Trinajstić information content (AvgIpc) is 3.46. The van der Waals surface area contributed by atoms with Crippen LogP contribution in [-0.4, -0.2) is 29.5 Å². The monoisotopic (exact) mass is 671 g/mol. The van der Waals surface area contributed by atoms with Crippen molar-refractivity contribution in [3.63, 3.8) is 0 Å². The Bertz CT molecular complexity index is 1230. The van der Waals surface area contributed by atoms with Crippen LogP contribution in [0.1, 0.15) is 89.0 Å². The van der Waals surface area contributed by atoms with Crippen LogP contribution >= 0.6 is 0 Å². The van der Waals surface area contributed by atoms with E-state index in [2.05, 4.69) is 22.6 Å². The van der Waals surface area contributed by atoms with Crippen molar-refractivity contribution >= 4 is 0 Å². The normalized spacial score (nSPS) is 13.3. The molecule has 0 aliphatic heterocycles. The van der Waals surface area contributed by atoms with Crippen molar-refractivity contribution in [2.75, 3.05) is 0 Å². The molecule has 4 rings (SSSR count). The summed E-state index contributed by atoms with van der Waals surface area (Å²) in [6.07, 6.45) is 6.87. The Morgan fingerprint density at radius 2 is 1.17 bits per heavy atom. The minimum Gasteiger partial charge on any atom is -0.340 e. The van der Waals surface area contributed by atoms with Gasteiger partial charge in [0.1, 0.15) is 0 Å². The first-order chi connectivity index (χ1) is 16.6. The molecule has 36 heavy (non-hydrogen) atoms. The van der Waals surface area contributed by atoms with Gasteiger partial charge in [0.2, 0.25) is 0 Å². The van der Waals surface area contributed by atoms with Crippen LogP contribution in [0.5, 0.6) is 0 Å². The van der Waals surface area contributed by atoms with E-state index in [1.54, 1.807) is 12.1 Å². The summed E-state index contributed by atoms with van der Waals surface area (Å²) in [5.74, 6) is 0.00803. The zero-order valence-corrected chi connectivity index (χ0v) is 23.6. The molecule has 0 saturated carbocycles. The fourth-order valence-corrected chi connectivity index (χ4v) is 3.80. The van der Waals surface area contributed by atoms with E-state index in [1.165, 1.54) is 9.36 Å². The maximum atomic E-state index is 14.4. The Morgan fingerprint density at radius 1 is 0.778 bits per heavy atom. The van der Waals surface area contributed by atoms with E-state index in [0.717, 1.165) is 24.2 Å². The molecule has 0 aliphatic carbocycles. The molecule has 192 valence electrons. The van der Waals surface area contributed by atoms with Gasteiger partial charge < -0.3 is 9.36 Å². The van der Waals surface area contributed by atoms with E-state index in [0.29, 0.717) is 23.0 Å². The molecule has 6 nitrogen and oxygen atoms in total. The molecule has 2 unspecified atom stereocenters. The molecule has 0 fully saturated rings. The zero-order chi connectivity index (χ0) is 25.3. The molecule has 0 N–H and O–H groups in total. The molecule has 4 aromatic rings. The summed E-state index contributed by atoms with van der Waals surface area (Å²) in [4.78, 5) is 9.52. The zero-order valence-electron chi connectivity index (χ0n) is 21.3. The summed E-state index contributed by atoms with van der Waals surface area (Å²) in [7, 11) is 0. The molecule has 9 heteroatoms. The molecule has 4 heterocycles. The third-order valence-corrected chi connectivity index (χ3v) is 6.62. The molecular weight excluding hydrogens is 641 g/mol. The van der Waals surface area contributed by atoms with E-state index in [9.17, 15) is 8.78 Å². The van der Waals surface area contributed by atoms with Gasteiger partial charge in [-0.2, -0.15) is 0 Å². The molecule has 0 aliphatic rings. The van der Waals surface area contributed by atoms with Crippen LogP contribution in [0.3, 0.4) is 0 Å². The summed E-state index contributed by atoms with van der Waals surface area (Å²) in [5, 5.41) is 8.78. The Morgan fingerprint density at radius 3 is 1.53 bits per heavy atom. The first-order valence-electron chi connectivity index (χ1n) is 12.0. The van der Waals surface area contributed by atoms with Crippen molar-refractivity contribution in [1.82, 2.24) is 29.5 Å². The number of rotatable bonds is 8. The number of hydrogen-bond acceptors (Lipinski definition) is 4. The van der Waals surface area contributed by atoms with Crippen molar-refractivity contribution in [2.45, 2.75) is 71.6 Å². The summed E-state index contributed by atoms with van der Waals surface area (Å²) < 4.78 is 31.6. The second kappa shape index (κ2) is 11.1. The summed E-state index contributed by atoms with van der Waals surface area (Å²) in [5.41, 5.74) is 1.61. The van der Waals surface area contributed by atoms with Crippen molar-refractivity contribution in [1.29, 1.82) is 0 Å². The number of aromatic nitrogens is 6. The van der Waals surface area contributed by atoms with Gasteiger partial charge in [-0.05, 0) is 50.2 Å². The second-order valence-electron chi connectivity index (χ2n) is 9.45. The van der Waals surface area contributed by atoms with Crippen LogP contribution in [-0.2, 0) is 26.5 Å². The van der Waals surface area contributed by atoms with E-state index in [4.69, 9.17) is 9.97 Å². The Kier molecular flexibility index (Phi) is 8.60. The van der Waals surface area contributed by atoms with Crippen LogP contribution in [0.25, 0.3) is 11.6 Å². The van der Waals surface area contributed by atoms with Crippen LogP contribution in [0.4, 0.5) is 8.78 Å². The molecule has 0 spiro atoms. The second-order valence-corrected chi connectivity index (χ2v) is 9.45. The van der Waals surface area contributed by atoms with Crippen LogP contribution in [0, 0.1) is 24.0 Å². The Labute approximate surface area is 225 Å². The minimum absolute atomic E-state index is 0. The molecule has 2 atom stereocenters. The van der Waals surface area contributed by atoms with E-state index < -0.39 is 17.0 Å². The minimum atomic E-state index is -0.609. The van der Waals surface area contributed by atoms with Gasteiger partial charge in [-0.3, -0.25) is 20.2 Å². The number of nitrogens with zero attached hydrogens (tertiary/aromatic N) is 6. The van der Waals surface area contributed by atoms with E-state index in [-0.39, 0.29) is 32.9 Å². The average molecular weight is 672 g/mol. The number of hydrogen-bond donors (Lipinski definition) is 0. The van der Waals surface area contributed by atoms with Gasteiger partial charge in [0.25, 0.3) is 0 Å². The third kappa shape index (κ3) is 5.34. The Balaban J connectivity index is 0.00000361. The standard InChI is InChI=1S/C27H30F2N6.Pt/c1-7-17(3)25-19(28)15-34(32-25)23-13-9-11-21(30-23)27(5,6)22-12-10-14-24(31-22)35-16-20(29)26(33-35)18(4)8-2;/h9-14,17-18H,7-8H2,1-6H3;/q-2;+2. The van der Waals surface area contributed by atoms with E-state index in [1.807, 2.05) is 65.8 Å². The predicted molar refractivity (Wildman–Crippen MR) is 130 cm³/mol. The fourth-order valence-electron chi connectivity index (χ4n) is 3.80. The van der Waals surface area contributed by atoms with Gasteiger partial charge in [0, 0.05) is 28.2 Å². The molecule has 0 bridgehead atoms. The van der Waals surface area contributed by atoms with Crippen molar-refractivity contribution in [3.8, 4) is 11.6 Å². The van der Waals surface area contributed by atoms with Gasteiger partial charge >= 0.3 is 21.1 Å². The topological polar surface area (TPSA) is 61.4 Å². The molecule has 0 aromatic carbocycles. The summed E-state index contributed by atoms with van der Waals surface area (Å²) in [6, 6.07) is 11.0. The first kappa shape index (κ1) is 27.8. The summed E-state index contributed by atoms with van der Waals surface area (Å²) >= 11 is 0. The molecular formula is C27H30F2N6Pt. The maximum absolute atomic E-state index is 14.4. The Hall–Kier alpha value is -2.73. The quantitative estimate of drug-likeness (QED) is 0.213.